The molecule has 2 aromatic rings. The van der Waals surface area contributed by atoms with Crippen molar-refractivity contribution in [1.82, 2.24) is 14.8 Å². The minimum absolute atomic E-state index is 0.00316. The van der Waals surface area contributed by atoms with E-state index in [-0.39, 0.29) is 11.8 Å². The molecule has 4 rings (SSSR count). The topological polar surface area (TPSA) is 66.0 Å². The monoisotopic (exact) mass is 408 g/mol. The molecule has 2 fully saturated rings. The Morgan fingerprint density at radius 1 is 0.800 bits per heavy atom. The van der Waals surface area contributed by atoms with Crippen molar-refractivity contribution in [2.45, 2.75) is 19.3 Å². The van der Waals surface area contributed by atoms with Crippen LogP contribution in [0.25, 0.3) is 0 Å². The third-order valence-electron chi connectivity index (χ3n) is 5.83. The van der Waals surface area contributed by atoms with Crippen molar-refractivity contribution < 1.29 is 14.3 Å². The molecule has 0 radical (unpaired) electrons. The van der Waals surface area contributed by atoms with Crippen molar-refractivity contribution in [3.63, 3.8) is 0 Å². The summed E-state index contributed by atoms with van der Waals surface area (Å²) in [4.78, 5) is 36.7. The van der Waals surface area contributed by atoms with Crippen LogP contribution in [0.3, 0.4) is 0 Å². The van der Waals surface area contributed by atoms with Gasteiger partial charge in [0.05, 0.1) is 18.2 Å². The van der Waals surface area contributed by atoms with Crippen molar-refractivity contribution in [3.05, 3.63) is 53.7 Å². The van der Waals surface area contributed by atoms with Crippen molar-refractivity contribution >= 4 is 17.6 Å². The predicted molar refractivity (Wildman–Crippen MR) is 115 cm³/mol. The van der Waals surface area contributed by atoms with Gasteiger partial charge in [-0.3, -0.25) is 9.59 Å². The first-order valence-electron chi connectivity index (χ1n) is 10.6. The number of aromatic nitrogens is 1. The van der Waals surface area contributed by atoms with Gasteiger partial charge in [0.15, 0.2) is 0 Å². The third kappa shape index (κ3) is 4.10. The van der Waals surface area contributed by atoms with Gasteiger partial charge in [-0.05, 0) is 43.5 Å². The van der Waals surface area contributed by atoms with Crippen LogP contribution in [-0.4, -0.2) is 73.0 Å². The number of pyridine rings is 1. The number of rotatable bonds is 4. The van der Waals surface area contributed by atoms with Crippen LogP contribution in [0.4, 0.5) is 5.82 Å². The largest absolute Gasteiger partial charge is 0.496 e. The van der Waals surface area contributed by atoms with E-state index < -0.39 is 0 Å². The normalized spacial score (nSPS) is 17.0. The Morgan fingerprint density at radius 3 is 2.13 bits per heavy atom. The lowest BCUT2D eigenvalue weighted by atomic mass is 10.1. The quantitative estimate of drug-likeness (QED) is 0.778. The van der Waals surface area contributed by atoms with E-state index in [1.54, 1.807) is 25.4 Å². The predicted octanol–water partition coefficient (Wildman–Crippen LogP) is 2.68. The first-order chi connectivity index (χ1) is 14.7. The smallest absolute Gasteiger partial charge is 0.257 e. The van der Waals surface area contributed by atoms with E-state index >= 15 is 0 Å². The van der Waals surface area contributed by atoms with E-state index in [1.165, 1.54) is 0 Å². The van der Waals surface area contributed by atoms with Gasteiger partial charge in [-0.25, -0.2) is 4.98 Å². The van der Waals surface area contributed by atoms with Crippen LogP contribution in [-0.2, 0) is 0 Å². The summed E-state index contributed by atoms with van der Waals surface area (Å²) >= 11 is 0. The van der Waals surface area contributed by atoms with Crippen LogP contribution in [0.1, 0.15) is 40.0 Å². The van der Waals surface area contributed by atoms with Crippen LogP contribution in [0.5, 0.6) is 5.75 Å². The van der Waals surface area contributed by atoms with Crippen LogP contribution < -0.4 is 9.64 Å². The average Bonchev–Trinajstić information content (AvgIpc) is 3.22. The molecule has 0 spiro atoms. The molecule has 0 aliphatic carbocycles. The summed E-state index contributed by atoms with van der Waals surface area (Å²) in [5, 5.41) is 0. The van der Waals surface area contributed by atoms with Gasteiger partial charge in [0.25, 0.3) is 11.8 Å². The Kier molecular flexibility index (Phi) is 6.16. The van der Waals surface area contributed by atoms with Crippen molar-refractivity contribution in [3.8, 4) is 5.75 Å². The first kappa shape index (κ1) is 20.2. The summed E-state index contributed by atoms with van der Waals surface area (Å²) < 4.78 is 5.34. The Balaban J connectivity index is 1.47. The second-order valence-electron chi connectivity index (χ2n) is 7.71. The second kappa shape index (κ2) is 9.15. The molecule has 0 bridgehead atoms. The van der Waals surface area contributed by atoms with Crippen LogP contribution >= 0.6 is 0 Å². The SMILES string of the molecule is COc1ccccc1C(=O)N1CCCN(C(=O)c2cccnc2N2CCCC2)CC1. The standard InChI is InChI=1S/C23H28N4O3/c1-30-20-10-3-2-8-18(20)22(28)26-14-7-15-27(17-16-26)23(29)19-9-6-11-24-21(19)25-12-4-5-13-25/h2-3,6,8-11H,4-5,7,12-17H2,1H3. The minimum atomic E-state index is -0.0547. The lowest BCUT2D eigenvalue weighted by Gasteiger charge is -2.25. The van der Waals surface area contributed by atoms with E-state index in [2.05, 4.69) is 9.88 Å². The molecule has 2 aliphatic rings. The van der Waals surface area contributed by atoms with Gasteiger partial charge in [-0.2, -0.15) is 0 Å². The number of para-hydroxylation sites is 1. The van der Waals surface area contributed by atoms with Crippen LogP contribution in [0, 0.1) is 0 Å². The molecule has 0 unspecified atom stereocenters. The van der Waals surface area contributed by atoms with Crippen LogP contribution in [0.2, 0.25) is 0 Å². The van der Waals surface area contributed by atoms with Gasteiger partial charge in [-0.15, -0.1) is 0 Å². The summed E-state index contributed by atoms with van der Waals surface area (Å²) in [6.45, 7) is 4.14. The maximum Gasteiger partial charge on any atom is 0.257 e. The van der Waals surface area contributed by atoms with Gasteiger partial charge < -0.3 is 19.4 Å². The fraction of sp³-hybridized carbons (Fsp3) is 0.435. The van der Waals surface area contributed by atoms with Crippen molar-refractivity contribution in [2.75, 3.05) is 51.3 Å². The second-order valence-corrected chi connectivity index (χ2v) is 7.71. The number of hydrogen-bond acceptors (Lipinski definition) is 5. The summed E-state index contributed by atoms with van der Waals surface area (Å²) in [5.74, 6) is 1.30. The zero-order chi connectivity index (χ0) is 20.9. The molecule has 3 heterocycles. The molecule has 30 heavy (non-hydrogen) atoms. The molecule has 2 saturated heterocycles. The number of hydrogen-bond donors (Lipinski definition) is 0. The zero-order valence-corrected chi connectivity index (χ0v) is 17.4. The number of nitrogens with zero attached hydrogens (tertiary/aromatic N) is 4. The number of benzene rings is 1. The summed E-state index contributed by atoms with van der Waals surface area (Å²) in [6.07, 6.45) is 4.76. The number of carbonyl (C=O) groups is 2. The number of methoxy groups -OCH3 is 1. The highest BCUT2D eigenvalue weighted by Crippen LogP contribution is 2.24. The molecule has 0 N–H and O–H groups in total. The molecule has 158 valence electrons. The molecule has 2 aliphatic heterocycles. The van der Waals surface area contributed by atoms with E-state index in [1.807, 2.05) is 34.1 Å². The molecule has 7 heteroatoms. The number of amides is 2. The van der Waals surface area contributed by atoms with E-state index in [4.69, 9.17) is 4.74 Å². The lowest BCUT2D eigenvalue weighted by molar-refractivity contribution is 0.0717. The lowest BCUT2D eigenvalue weighted by Crippen LogP contribution is -2.38. The Morgan fingerprint density at radius 2 is 1.43 bits per heavy atom. The molecule has 0 atom stereocenters. The number of ether oxygens (including phenoxy) is 1. The highest BCUT2D eigenvalue weighted by molar-refractivity contribution is 5.99. The zero-order valence-electron chi connectivity index (χ0n) is 17.4. The van der Waals surface area contributed by atoms with E-state index in [0.29, 0.717) is 43.1 Å². The minimum Gasteiger partial charge on any atom is -0.496 e. The van der Waals surface area contributed by atoms with Crippen molar-refractivity contribution in [1.29, 1.82) is 0 Å². The van der Waals surface area contributed by atoms with Gasteiger partial charge >= 0.3 is 0 Å². The molecule has 7 nitrogen and oxygen atoms in total. The molecular weight excluding hydrogens is 380 g/mol. The highest BCUT2D eigenvalue weighted by Gasteiger charge is 2.27. The Hall–Kier alpha value is -3.09. The molecule has 1 aromatic carbocycles. The van der Waals surface area contributed by atoms with Crippen molar-refractivity contribution in [2.24, 2.45) is 0 Å². The molecule has 2 amide bonds. The van der Waals surface area contributed by atoms with Gasteiger partial charge in [0.2, 0.25) is 0 Å². The Bertz CT molecular complexity index is 911. The maximum absolute atomic E-state index is 13.3. The highest BCUT2D eigenvalue weighted by atomic mass is 16.5. The Labute approximate surface area is 177 Å². The summed E-state index contributed by atoms with van der Waals surface area (Å²) in [7, 11) is 1.57. The van der Waals surface area contributed by atoms with E-state index in [0.717, 1.165) is 38.2 Å². The summed E-state index contributed by atoms with van der Waals surface area (Å²) in [5.41, 5.74) is 1.22. The third-order valence-corrected chi connectivity index (χ3v) is 5.83. The number of anilines is 1. The molecule has 1 aromatic heterocycles. The van der Waals surface area contributed by atoms with Gasteiger partial charge in [0.1, 0.15) is 11.6 Å². The average molecular weight is 409 g/mol. The first-order valence-corrected chi connectivity index (χ1v) is 10.6. The van der Waals surface area contributed by atoms with Gasteiger partial charge in [-0.1, -0.05) is 12.1 Å². The van der Waals surface area contributed by atoms with Crippen LogP contribution in [0.15, 0.2) is 42.6 Å². The maximum atomic E-state index is 13.3. The fourth-order valence-electron chi connectivity index (χ4n) is 4.23. The fourth-order valence-corrected chi connectivity index (χ4v) is 4.23. The molecule has 0 saturated carbocycles. The van der Waals surface area contributed by atoms with E-state index in [9.17, 15) is 9.59 Å². The van der Waals surface area contributed by atoms with Gasteiger partial charge in [0, 0.05) is 45.5 Å². The number of carbonyl (C=O) groups excluding carboxylic acids is 2. The summed E-state index contributed by atoms with van der Waals surface area (Å²) in [6, 6.07) is 11.0. The molecular formula is C23H28N4O3.